The summed E-state index contributed by atoms with van der Waals surface area (Å²) < 4.78 is 24.6. The van der Waals surface area contributed by atoms with Crippen LogP contribution in [0.2, 0.25) is 0 Å². The number of β-amino-alcohol motifs (C(OH)–C–C–N with tert-alkyl or cyclic N) is 1. The molecule has 20 nitrogen and oxygen atoms in total. The van der Waals surface area contributed by atoms with Crippen LogP contribution in [0.5, 0.6) is 5.75 Å². The van der Waals surface area contributed by atoms with E-state index in [9.17, 15) is 24.3 Å². The van der Waals surface area contributed by atoms with E-state index in [1.807, 2.05) is 76.5 Å². The molecule has 5 atom stereocenters. The number of likely N-dealkylation sites (tertiary alicyclic amines) is 1. The fraction of sp³-hybridized carbons (Fsp3) is 0.500. The number of primary amides is 1. The molecule has 4 heterocycles. The van der Waals surface area contributed by atoms with Crippen molar-refractivity contribution in [2.75, 3.05) is 63.4 Å². The molecule has 2 aromatic carbocycles. The molecular weight excluding hydrogens is 931 g/mol. The van der Waals surface area contributed by atoms with Crippen LogP contribution in [0.3, 0.4) is 0 Å². The molecule has 71 heavy (non-hydrogen) atoms. The van der Waals surface area contributed by atoms with Crippen LogP contribution in [0.15, 0.2) is 60.4 Å². The number of aromatic nitrogens is 4. The molecule has 0 unspecified atom stereocenters. The predicted molar refractivity (Wildman–Crippen MR) is 269 cm³/mol. The van der Waals surface area contributed by atoms with Gasteiger partial charge in [0.2, 0.25) is 23.7 Å². The minimum Gasteiger partial charge on any atom is -0.491 e. The summed E-state index contributed by atoms with van der Waals surface area (Å²) in [5.41, 5.74) is 18.3. The second-order valence-corrected chi connectivity index (χ2v) is 19.9. The number of rotatable bonds is 23. The van der Waals surface area contributed by atoms with Crippen LogP contribution < -0.4 is 37.5 Å². The van der Waals surface area contributed by atoms with Gasteiger partial charge in [-0.15, -0.1) is 11.3 Å². The fourth-order valence-corrected chi connectivity index (χ4v) is 9.56. The Bertz CT molecular complexity index is 2620. The number of fused-ring (bicyclic) bond motifs is 1. The number of carbonyl (C=O) groups is 4. The van der Waals surface area contributed by atoms with Gasteiger partial charge in [0.05, 0.1) is 55.2 Å². The summed E-state index contributed by atoms with van der Waals surface area (Å²) in [5, 5.41) is 23.0. The molecule has 1 aliphatic heterocycles. The minimum absolute atomic E-state index is 0.0217. The average Bonchev–Trinajstić information content (AvgIpc) is 4.09. The molecular formula is C50H67N11O9S. The maximum Gasteiger partial charge on any atom is 0.256 e. The highest BCUT2D eigenvalue weighted by atomic mass is 32.1. The van der Waals surface area contributed by atoms with Gasteiger partial charge in [0.15, 0.2) is 11.5 Å². The Morgan fingerprint density at radius 2 is 1.66 bits per heavy atom. The zero-order chi connectivity index (χ0) is 50.7. The number of nitrogens with two attached hydrogens (primary N) is 2. The highest BCUT2D eigenvalue weighted by Gasteiger charge is 2.44. The second kappa shape index (κ2) is 24.3. The zero-order valence-electron chi connectivity index (χ0n) is 41.1. The number of amides is 4. The highest BCUT2D eigenvalue weighted by Crippen LogP contribution is 2.31. The van der Waals surface area contributed by atoms with Crippen LogP contribution in [-0.2, 0) is 35.1 Å². The van der Waals surface area contributed by atoms with E-state index in [1.54, 1.807) is 34.2 Å². The Balaban J connectivity index is 0.798. The fourth-order valence-electron chi connectivity index (χ4n) is 8.75. The van der Waals surface area contributed by atoms with Crippen molar-refractivity contribution in [2.24, 2.45) is 16.9 Å². The maximum absolute atomic E-state index is 14.0. The van der Waals surface area contributed by atoms with Gasteiger partial charge in [-0.25, -0.2) is 9.97 Å². The number of nitrogens with one attached hydrogen (secondary N) is 4. The third-order valence-corrected chi connectivity index (χ3v) is 13.4. The molecule has 2 fully saturated rings. The van der Waals surface area contributed by atoms with Crippen LogP contribution in [0.25, 0.3) is 16.1 Å². The van der Waals surface area contributed by atoms with Crippen molar-refractivity contribution in [2.45, 2.75) is 104 Å². The number of aliphatic hydroxyl groups is 1. The first-order valence-electron chi connectivity index (χ1n) is 24.0. The quantitative estimate of drug-likeness (QED) is 0.0452. The van der Waals surface area contributed by atoms with E-state index < -0.39 is 41.3 Å². The van der Waals surface area contributed by atoms with Crippen molar-refractivity contribution in [3.8, 4) is 16.2 Å². The number of carbonyl (C=O) groups excluding carboxylic acids is 4. The zero-order valence-corrected chi connectivity index (χ0v) is 41.9. The predicted octanol–water partition coefficient (Wildman–Crippen LogP) is 4.23. The van der Waals surface area contributed by atoms with Crippen LogP contribution in [0.4, 0.5) is 17.5 Å². The number of thiazole rings is 1. The van der Waals surface area contributed by atoms with Crippen molar-refractivity contribution in [1.82, 2.24) is 34.9 Å². The SMILES string of the molecule is Cc1cc(Nc2nc(N[C@H]3CCCC[C@H]3N)n3ccnc3c2C(N)=O)cc(OCCOCCOCCOCC(=O)N[C@H](C(=O)N2C[C@H](O)C[C@H]2C(=O)NCc2ccc(-c3scnc3C)cc2)C(C)(C)C)c1. The van der Waals surface area contributed by atoms with Gasteiger partial charge in [-0.05, 0) is 60.9 Å². The molecule has 7 rings (SSSR count). The number of hydrogen-bond donors (Lipinski definition) is 7. The third-order valence-electron chi connectivity index (χ3n) is 12.4. The Hall–Kier alpha value is -6.23. The topological polar surface area (TPSA) is 272 Å². The van der Waals surface area contributed by atoms with E-state index in [-0.39, 0.29) is 88.5 Å². The summed E-state index contributed by atoms with van der Waals surface area (Å²) in [4.78, 5) is 69.1. The van der Waals surface area contributed by atoms with Gasteiger partial charge in [-0.1, -0.05) is 57.9 Å². The van der Waals surface area contributed by atoms with Gasteiger partial charge in [-0.3, -0.25) is 23.6 Å². The summed E-state index contributed by atoms with van der Waals surface area (Å²) in [6.45, 7) is 10.7. The van der Waals surface area contributed by atoms with Gasteiger partial charge in [-0.2, -0.15) is 4.98 Å². The lowest BCUT2D eigenvalue weighted by Gasteiger charge is -2.35. The van der Waals surface area contributed by atoms with Crippen LogP contribution in [0.1, 0.15) is 80.1 Å². The molecule has 2 aliphatic rings. The van der Waals surface area contributed by atoms with Crippen LogP contribution in [0, 0.1) is 19.3 Å². The average molecular weight is 998 g/mol. The van der Waals surface area contributed by atoms with Gasteiger partial charge in [0.1, 0.15) is 36.6 Å². The maximum atomic E-state index is 14.0. The standard InChI is InChI=1S/C50H67N11O9S/c1-30-22-34(56-45-41(44(52)64)46-53-14-15-60(46)49(59-45)57-38-9-7-6-8-37(38)51)24-36(23-30)70-21-20-68-17-16-67-18-19-69-28-40(63)58-43(50(3,4)5)48(66)61-27-35(62)25-39(61)47(65)54-26-32-10-12-33(13-11-32)42-31(2)55-29-71-42/h10-15,22-24,29,35,37-39,43,56,62H,6-9,16-21,25-28,51H2,1-5H3,(H2,52,64)(H,54,65)(H,57,59)(H,58,63)/t35-,37-,38+,39+,43-/m1/s1. The number of ether oxygens (including phenoxy) is 4. The van der Waals surface area contributed by atoms with Crippen molar-refractivity contribution in [3.63, 3.8) is 0 Å². The molecule has 0 bridgehead atoms. The van der Waals surface area contributed by atoms with E-state index in [0.29, 0.717) is 29.6 Å². The summed E-state index contributed by atoms with van der Waals surface area (Å²) in [7, 11) is 0. The number of nitrogens with zero attached hydrogens (tertiary/aromatic N) is 5. The summed E-state index contributed by atoms with van der Waals surface area (Å²) in [5.74, 6) is -0.666. The lowest BCUT2D eigenvalue weighted by molar-refractivity contribution is -0.144. The molecule has 5 aromatic rings. The number of aryl methyl sites for hydroxylation is 2. The largest absolute Gasteiger partial charge is 0.491 e. The van der Waals surface area contributed by atoms with Gasteiger partial charge < -0.3 is 61.7 Å². The van der Waals surface area contributed by atoms with E-state index >= 15 is 0 Å². The van der Waals surface area contributed by atoms with Crippen LogP contribution >= 0.6 is 11.3 Å². The first-order chi connectivity index (χ1) is 34.0. The molecule has 21 heteroatoms. The van der Waals surface area contributed by atoms with Gasteiger partial charge in [0, 0.05) is 55.7 Å². The van der Waals surface area contributed by atoms with Gasteiger partial charge in [0.25, 0.3) is 5.91 Å². The van der Waals surface area contributed by atoms with E-state index in [0.717, 1.165) is 52.9 Å². The third kappa shape index (κ3) is 14.0. The van der Waals surface area contributed by atoms with Crippen molar-refractivity contribution in [1.29, 1.82) is 0 Å². The Morgan fingerprint density at radius 1 is 0.944 bits per heavy atom. The van der Waals surface area contributed by atoms with Crippen LogP contribution in [-0.4, -0.2) is 136 Å². The Morgan fingerprint density at radius 3 is 2.35 bits per heavy atom. The highest BCUT2D eigenvalue weighted by molar-refractivity contribution is 7.13. The molecule has 9 N–H and O–H groups in total. The molecule has 0 radical (unpaired) electrons. The van der Waals surface area contributed by atoms with Crippen molar-refractivity contribution >= 4 is 58.1 Å². The van der Waals surface area contributed by atoms with E-state index in [2.05, 4.69) is 31.2 Å². The molecule has 3 aromatic heterocycles. The number of imidazole rings is 1. The van der Waals surface area contributed by atoms with Gasteiger partial charge >= 0.3 is 0 Å². The summed E-state index contributed by atoms with van der Waals surface area (Å²) in [6.07, 6.45) is 6.50. The molecule has 1 aliphatic carbocycles. The monoisotopic (exact) mass is 997 g/mol. The minimum atomic E-state index is -0.983. The molecule has 0 spiro atoms. The van der Waals surface area contributed by atoms with Crippen molar-refractivity contribution < 1.29 is 43.2 Å². The Kier molecular flexibility index (Phi) is 18.0. The van der Waals surface area contributed by atoms with Crippen molar-refractivity contribution in [3.05, 3.63) is 82.8 Å². The first-order valence-corrected chi connectivity index (χ1v) is 24.9. The smallest absolute Gasteiger partial charge is 0.256 e. The second-order valence-electron chi connectivity index (χ2n) is 19.1. The van der Waals surface area contributed by atoms with E-state index in [4.69, 9.17) is 35.4 Å². The number of benzene rings is 2. The molecule has 382 valence electrons. The summed E-state index contributed by atoms with van der Waals surface area (Å²) >= 11 is 1.57. The first kappa shape index (κ1) is 52.6. The Labute approximate surface area is 417 Å². The molecule has 1 saturated heterocycles. The number of hydrogen-bond acceptors (Lipinski definition) is 16. The van der Waals surface area contributed by atoms with E-state index in [1.165, 1.54) is 4.90 Å². The summed E-state index contributed by atoms with van der Waals surface area (Å²) in [6, 6.07) is 11.6. The lowest BCUT2D eigenvalue weighted by atomic mass is 9.85. The molecule has 1 saturated carbocycles. The number of aliphatic hydroxyl groups excluding tert-OH is 1. The molecule has 4 amide bonds. The lowest BCUT2D eigenvalue weighted by Crippen LogP contribution is -2.58. The normalized spacial score (nSPS) is 18.5. The number of anilines is 3.